The number of alkyl carbamates (subject to hydrolysis) is 3. The summed E-state index contributed by atoms with van der Waals surface area (Å²) in [6.45, 7) is 34.8. The van der Waals surface area contributed by atoms with E-state index >= 15 is 0 Å². The number of ether oxygens (including phenoxy) is 3. The molecular formula is C83H117N15O18S5. The van der Waals surface area contributed by atoms with Crippen molar-refractivity contribution < 1.29 is 70.7 Å². The molecule has 8 aromatic rings. The Balaban J connectivity index is 0.000000344. The van der Waals surface area contributed by atoms with Crippen molar-refractivity contribution in [3.63, 3.8) is 0 Å². The van der Waals surface area contributed by atoms with E-state index in [4.69, 9.17) is 24.5 Å². The van der Waals surface area contributed by atoms with E-state index < -0.39 is 96.4 Å². The van der Waals surface area contributed by atoms with Crippen LogP contribution in [0.5, 0.6) is 0 Å². The zero-order valence-electron chi connectivity index (χ0n) is 71.1. The van der Waals surface area contributed by atoms with Gasteiger partial charge in [-0.2, -0.15) is 8.42 Å². The number of nitrogens with two attached hydrogens (primary N) is 1. The number of hydrogen-bond acceptors (Lipinski definition) is 26. The summed E-state index contributed by atoms with van der Waals surface area (Å²) in [6, 6.07) is 21.4. The van der Waals surface area contributed by atoms with Crippen LogP contribution in [0.1, 0.15) is 228 Å². The van der Waals surface area contributed by atoms with E-state index in [1.807, 2.05) is 88.6 Å². The third-order valence-electron chi connectivity index (χ3n) is 17.2. The number of carbonyl (C=O) groups is 6. The van der Waals surface area contributed by atoms with Gasteiger partial charge >= 0.3 is 28.6 Å². The summed E-state index contributed by atoms with van der Waals surface area (Å²) in [5.74, 6) is -1.63. The molecule has 0 saturated carbocycles. The molecule has 4 aromatic heterocycles. The fraction of sp³-hybridized carbons (Fsp3) is 0.494. The predicted octanol–water partition coefficient (Wildman–Crippen LogP) is 16.5. The molecule has 33 nitrogen and oxygen atoms in total. The molecule has 0 fully saturated rings. The van der Waals surface area contributed by atoms with Crippen molar-refractivity contribution in [2.24, 2.45) is 23.5 Å². The van der Waals surface area contributed by atoms with Crippen LogP contribution in [0.3, 0.4) is 0 Å². The van der Waals surface area contributed by atoms with Gasteiger partial charge in [0.2, 0.25) is 17.7 Å². The van der Waals surface area contributed by atoms with Crippen LogP contribution in [0.15, 0.2) is 119 Å². The van der Waals surface area contributed by atoms with Gasteiger partial charge in [-0.05, 0) is 166 Å². The predicted molar refractivity (Wildman–Crippen MR) is 472 cm³/mol. The number of nitrogens with zero attached hydrogens (tertiary/aromatic N) is 7. The van der Waals surface area contributed by atoms with Crippen LogP contribution in [0.4, 0.5) is 37.1 Å². The Hall–Kier alpha value is -10.5. The number of aryl methyl sites for hydroxylation is 4. The van der Waals surface area contributed by atoms with E-state index in [0.717, 1.165) is 90.7 Å². The van der Waals surface area contributed by atoms with Gasteiger partial charge in [0, 0.05) is 57.9 Å². The fourth-order valence-electron chi connectivity index (χ4n) is 11.1. The Morgan fingerprint density at radius 1 is 0.413 bits per heavy atom. The maximum atomic E-state index is 13.2. The van der Waals surface area contributed by atoms with Crippen LogP contribution in [0.2, 0.25) is 0 Å². The van der Waals surface area contributed by atoms with Crippen LogP contribution < -0.4 is 42.4 Å². The maximum absolute atomic E-state index is 13.2. The van der Waals surface area contributed by atoms with E-state index in [1.165, 1.54) is 82.5 Å². The zero-order valence-corrected chi connectivity index (χ0v) is 75.2. The van der Waals surface area contributed by atoms with Crippen molar-refractivity contribution in [3.8, 4) is 0 Å². The minimum absolute atomic E-state index is 0. The zero-order chi connectivity index (χ0) is 89.7. The highest BCUT2D eigenvalue weighted by atomic mass is 32.2. The summed E-state index contributed by atoms with van der Waals surface area (Å²) in [5.41, 5.74) is 11.6. The number of amides is 6. The van der Waals surface area contributed by atoms with Gasteiger partial charge < -0.3 is 51.8 Å². The van der Waals surface area contributed by atoms with Crippen molar-refractivity contribution in [1.82, 2.24) is 51.8 Å². The molecule has 0 unspecified atom stereocenters. The van der Waals surface area contributed by atoms with E-state index in [-0.39, 0.29) is 71.7 Å². The van der Waals surface area contributed by atoms with Crippen LogP contribution in [-0.2, 0) is 90.3 Å². The van der Waals surface area contributed by atoms with Gasteiger partial charge in [-0.25, -0.2) is 34.3 Å². The minimum atomic E-state index is -4.37. The summed E-state index contributed by atoms with van der Waals surface area (Å²) < 4.78 is 48.9. The number of rotatable bonds is 33. The summed E-state index contributed by atoms with van der Waals surface area (Å²) in [4.78, 5) is 126. The summed E-state index contributed by atoms with van der Waals surface area (Å²) in [7, 11) is -4.37. The molecule has 38 heteroatoms. The molecule has 0 radical (unpaired) electrons. The lowest BCUT2D eigenvalue weighted by atomic mass is 10.0. The lowest BCUT2D eigenvalue weighted by molar-refractivity contribution is -0.385. The first-order chi connectivity index (χ1) is 56.0. The first kappa shape index (κ1) is 103. The fourth-order valence-corrected chi connectivity index (χ4v) is 15.2. The van der Waals surface area contributed by atoms with Gasteiger partial charge in [0.05, 0.1) is 67.4 Å². The molecule has 0 bridgehead atoms. The summed E-state index contributed by atoms with van der Waals surface area (Å²) in [6.07, 6.45) is 3.01. The number of nitrogens with one attached hydrogen (secondary N) is 7. The normalized spacial score (nSPS) is 13.2. The van der Waals surface area contributed by atoms with Crippen molar-refractivity contribution >= 4 is 114 Å². The Morgan fingerprint density at radius 3 is 0.860 bits per heavy atom. The number of thiazole rings is 4. The molecule has 10 N–H and O–H groups in total. The molecule has 8 rings (SSSR count). The quantitative estimate of drug-likeness (QED) is 0.00798. The van der Waals surface area contributed by atoms with E-state index in [1.54, 1.807) is 122 Å². The van der Waals surface area contributed by atoms with Gasteiger partial charge in [-0.15, -0.1) is 45.3 Å². The molecule has 0 saturated heterocycles. The molecule has 7 atom stereocenters. The standard InChI is InChI=1S/C23H34N4O6S2.2C23H32N4O5S.C13H15N3O2S.CH4/c1-7-16-13-34-21(24-16)18(12-15-8-10-17(11-9-15)27-35(30,31)32)25-20(28)19(14(2)3)26-22(29)33-23(4,5)6;2*1-7-16-13-33-21(24-16)18(12-15-8-10-17(11-9-15)27(30)31)25-20(28)19(14(2)3)26-22(29)32-23(4,5)6;1-2-10-8-19-13(15-10)12(14)7-9-3-5-11(6-4-9)16(17)18;/h8-11,13-14,18-19,27H,7,12H2,1-6H3,(H,25,28)(H,26,29)(H,30,31,32);2*8-11,13-14,18-19H,7,12H2,1-6H3,(H,25,28)(H,26,29);3-6,8,12H,2,7,14H2,1H3;1H4/t3*18-,19-;12-;/m0000./s1. The Bertz CT molecular complexity index is 4630. The van der Waals surface area contributed by atoms with Gasteiger partial charge in [-0.1, -0.05) is 125 Å². The monoisotopic (exact) mass is 1770 g/mol. The van der Waals surface area contributed by atoms with E-state index in [0.29, 0.717) is 25.7 Å². The molecule has 4 aromatic carbocycles. The number of aromatic nitrogens is 4. The number of benzene rings is 4. The van der Waals surface area contributed by atoms with E-state index in [2.05, 4.69) is 58.8 Å². The number of nitro benzene ring substituents is 3. The van der Waals surface area contributed by atoms with Gasteiger partial charge in [0.25, 0.3) is 17.1 Å². The average molecular weight is 1770 g/mol. The van der Waals surface area contributed by atoms with Crippen molar-refractivity contribution in [2.45, 2.75) is 249 Å². The molecule has 0 aliphatic rings. The van der Waals surface area contributed by atoms with Gasteiger partial charge in [0.15, 0.2) is 0 Å². The average Bonchev–Trinajstić information content (AvgIpc) is 1.77. The lowest BCUT2D eigenvalue weighted by Crippen LogP contribution is -2.51. The smallest absolute Gasteiger partial charge is 0.408 e. The van der Waals surface area contributed by atoms with E-state index in [9.17, 15) is 67.5 Å². The molecular weight excluding hydrogens is 1660 g/mol. The third-order valence-corrected chi connectivity index (χ3v) is 21.7. The third kappa shape index (κ3) is 36.8. The van der Waals surface area contributed by atoms with Crippen LogP contribution in [0.25, 0.3) is 0 Å². The van der Waals surface area contributed by atoms with Crippen molar-refractivity contribution in [3.05, 3.63) is 214 Å². The SMILES string of the molecule is C.CCc1csc([C@@H](N)Cc2ccc([N+](=O)[O-])cc2)n1.CCc1csc([C@H](Cc2ccc(NS(=O)(=O)O)cc2)NC(=O)[C@@H](NC(=O)OC(C)(C)C)C(C)C)n1.CCc1csc([C@H](Cc2ccc([N+](=O)[O-])cc2)NC(=O)[C@@H](NC(=O)OC(C)(C)C)C(C)C)n1.CCc1csc([C@H](Cc2ccc([N+](=O)[O-])cc2)NC(=O)[C@@H](NC(=O)OC(C)(C)C)C(C)C)n1. The summed E-state index contributed by atoms with van der Waals surface area (Å²) in [5, 5.41) is 60.4. The second-order valence-corrected chi connectivity index (χ2v) is 36.6. The van der Waals surface area contributed by atoms with Gasteiger partial charge in [0.1, 0.15) is 55.0 Å². The number of anilines is 1. The molecule has 0 aliphatic carbocycles. The van der Waals surface area contributed by atoms with Gasteiger partial charge in [-0.3, -0.25) is 54.0 Å². The number of nitro groups is 3. The molecule has 4 heterocycles. The van der Waals surface area contributed by atoms with Crippen LogP contribution in [0, 0.1) is 48.1 Å². The van der Waals surface area contributed by atoms with Crippen molar-refractivity contribution in [2.75, 3.05) is 4.72 Å². The summed E-state index contributed by atoms with van der Waals surface area (Å²) >= 11 is 5.89. The lowest BCUT2D eigenvalue weighted by Gasteiger charge is -2.27. The Kier molecular flexibility index (Phi) is 40.5. The number of hydrogen-bond donors (Lipinski definition) is 9. The molecule has 662 valence electrons. The molecule has 6 amide bonds. The van der Waals surface area contributed by atoms with Crippen molar-refractivity contribution in [1.29, 1.82) is 0 Å². The first-order valence-corrected chi connectivity index (χ1v) is 44.0. The molecule has 121 heavy (non-hydrogen) atoms. The molecule has 0 aliphatic heterocycles. The molecule has 0 spiro atoms. The first-order valence-electron chi connectivity index (χ1n) is 39.0. The second-order valence-electron chi connectivity index (χ2n) is 31.9. The minimum Gasteiger partial charge on any atom is -0.444 e. The largest absolute Gasteiger partial charge is 0.444 e. The number of carbonyl (C=O) groups excluding carboxylic acids is 6. The highest BCUT2D eigenvalue weighted by Crippen LogP contribution is 2.30. The Labute approximate surface area is 724 Å². The maximum Gasteiger partial charge on any atom is 0.408 e. The number of non-ortho nitro benzene ring substituents is 3. The van der Waals surface area contributed by atoms with Crippen LogP contribution >= 0.6 is 45.3 Å². The topological polar surface area (TPSA) is 476 Å². The highest BCUT2D eigenvalue weighted by Gasteiger charge is 2.34. The van der Waals surface area contributed by atoms with Crippen LogP contribution in [-0.4, -0.2) is 119 Å². The highest BCUT2D eigenvalue weighted by molar-refractivity contribution is 7.87. The second kappa shape index (κ2) is 47.6. The Morgan fingerprint density at radius 2 is 0.645 bits per heavy atom.